The molecule has 1 unspecified atom stereocenters. The number of hydrogen-bond acceptors (Lipinski definition) is 2. The summed E-state index contributed by atoms with van der Waals surface area (Å²) in [6.45, 7) is 2.71. The van der Waals surface area contributed by atoms with Crippen molar-refractivity contribution in [2.24, 2.45) is 13.0 Å². The van der Waals surface area contributed by atoms with Crippen molar-refractivity contribution in [3.05, 3.63) is 53.7 Å². The molecule has 128 valence electrons. The Hall–Kier alpha value is -2.11. The number of fused-ring (bicyclic) bond motifs is 3. The first-order valence-electron chi connectivity index (χ1n) is 7.75. The van der Waals surface area contributed by atoms with Crippen molar-refractivity contribution < 1.29 is 22.7 Å². The van der Waals surface area contributed by atoms with Gasteiger partial charge in [0.1, 0.15) is 5.82 Å². The number of carbonyl (C=O) groups excluding carboxylic acids is 1. The van der Waals surface area contributed by atoms with Gasteiger partial charge in [-0.3, -0.25) is 4.79 Å². The number of hydrogen-bond donors (Lipinski definition) is 0. The number of aryl methyl sites for hydroxylation is 2. The molecule has 1 aliphatic carbocycles. The molecule has 0 saturated carbocycles. The number of para-hydroxylation sites is 1. The van der Waals surface area contributed by atoms with E-state index in [0.717, 1.165) is 41.7 Å². The normalized spacial score (nSPS) is 16.4. The van der Waals surface area contributed by atoms with Crippen molar-refractivity contribution in [1.82, 2.24) is 14.1 Å². The minimum atomic E-state index is 0. The van der Waals surface area contributed by atoms with E-state index in [2.05, 4.69) is 33.3 Å². The lowest BCUT2D eigenvalue weighted by molar-refractivity contribution is -0.0000142. The van der Waals surface area contributed by atoms with Gasteiger partial charge >= 0.3 is 0 Å². The Kier molecular flexibility index (Phi) is 5.16. The highest BCUT2D eigenvalue weighted by atomic mass is 35.5. The van der Waals surface area contributed by atoms with Crippen molar-refractivity contribution in [2.75, 3.05) is 0 Å². The lowest BCUT2D eigenvalue weighted by Crippen LogP contribution is -3.00. The third kappa shape index (κ3) is 2.64. The molecule has 2 N–H and O–H groups in total. The zero-order chi connectivity index (χ0) is 15.3. The van der Waals surface area contributed by atoms with E-state index in [4.69, 9.17) is 0 Å². The average Bonchev–Trinajstić information content (AvgIpc) is 3.05. The van der Waals surface area contributed by atoms with Gasteiger partial charge in [0, 0.05) is 54.1 Å². The minimum Gasteiger partial charge on any atom is -1.00 e. The molecule has 0 bridgehead atoms. The summed E-state index contributed by atoms with van der Waals surface area (Å²) in [7, 11) is 2.06. The van der Waals surface area contributed by atoms with E-state index in [0.29, 0.717) is 0 Å². The van der Waals surface area contributed by atoms with Crippen LogP contribution in [-0.4, -0.2) is 25.4 Å². The van der Waals surface area contributed by atoms with Gasteiger partial charge < -0.3 is 27.0 Å². The smallest absolute Gasteiger partial charge is 0.170 e. The first-order valence-corrected chi connectivity index (χ1v) is 7.75. The highest BCUT2D eigenvalue weighted by Crippen LogP contribution is 2.34. The predicted molar refractivity (Wildman–Crippen MR) is 89.6 cm³/mol. The van der Waals surface area contributed by atoms with Crippen LogP contribution in [0.15, 0.2) is 36.7 Å². The van der Waals surface area contributed by atoms with E-state index in [-0.39, 0.29) is 29.6 Å². The number of carbonyl (C=O) groups is 1. The minimum absolute atomic E-state index is 0. The van der Waals surface area contributed by atoms with Gasteiger partial charge in [-0.25, -0.2) is 4.98 Å². The maximum absolute atomic E-state index is 13.0. The van der Waals surface area contributed by atoms with E-state index in [1.54, 1.807) is 6.20 Å². The maximum Gasteiger partial charge on any atom is 0.170 e. The Balaban J connectivity index is 0.00000104. The van der Waals surface area contributed by atoms with Crippen molar-refractivity contribution in [3.8, 4) is 0 Å². The second-order valence-electron chi connectivity index (χ2n) is 6.12. The fraction of sp³-hybridized carbons (Fsp3) is 0.333. The molecule has 0 spiro atoms. The van der Waals surface area contributed by atoms with Crippen LogP contribution >= 0.6 is 0 Å². The Bertz CT molecular complexity index is 882. The second-order valence-corrected chi connectivity index (χ2v) is 6.12. The molecule has 0 fully saturated rings. The zero-order valence-electron chi connectivity index (χ0n) is 13.8. The Morgan fingerprint density at radius 1 is 1.29 bits per heavy atom. The van der Waals surface area contributed by atoms with Crippen LogP contribution in [0.1, 0.15) is 28.3 Å². The van der Waals surface area contributed by atoms with Crippen LogP contribution in [0.25, 0.3) is 10.9 Å². The number of benzene rings is 1. The van der Waals surface area contributed by atoms with Crippen LogP contribution in [0.4, 0.5) is 0 Å². The molecule has 0 amide bonds. The molecule has 2 aromatic heterocycles. The van der Waals surface area contributed by atoms with Crippen molar-refractivity contribution in [3.63, 3.8) is 0 Å². The molecule has 24 heavy (non-hydrogen) atoms. The number of Topliss-reactive ketones (excluding diaryl/α,β-unsaturated/α-hetero) is 1. The Morgan fingerprint density at radius 2 is 2.04 bits per heavy atom. The summed E-state index contributed by atoms with van der Waals surface area (Å²) < 4.78 is 4.26. The molecule has 1 aromatic carbocycles. The van der Waals surface area contributed by atoms with Gasteiger partial charge in [0.05, 0.1) is 0 Å². The highest BCUT2D eigenvalue weighted by Gasteiger charge is 2.32. The zero-order valence-corrected chi connectivity index (χ0v) is 14.5. The van der Waals surface area contributed by atoms with Gasteiger partial charge in [0.25, 0.3) is 0 Å². The number of aromatic nitrogens is 3. The molecular weight excluding hydrogens is 326 g/mol. The molecule has 2 heterocycles. The number of nitrogens with zero attached hydrogens (tertiary/aromatic N) is 3. The van der Waals surface area contributed by atoms with E-state index in [9.17, 15) is 4.79 Å². The summed E-state index contributed by atoms with van der Waals surface area (Å²) in [4.78, 5) is 17.3. The first-order chi connectivity index (χ1) is 10.7. The molecule has 1 atom stereocenters. The van der Waals surface area contributed by atoms with E-state index in [1.165, 1.54) is 5.69 Å². The van der Waals surface area contributed by atoms with Crippen molar-refractivity contribution in [1.29, 1.82) is 0 Å². The molecule has 5 nitrogen and oxygen atoms in total. The quantitative estimate of drug-likeness (QED) is 0.616. The molecule has 3 aromatic rings. The third-order valence-corrected chi connectivity index (χ3v) is 4.92. The Morgan fingerprint density at radius 3 is 2.75 bits per heavy atom. The van der Waals surface area contributed by atoms with E-state index < -0.39 is 0 Å². The van der Waals surface area contributed by atoms with Crippen LogP contribution in [-0.2, 0) is 20.0 Å². The summed E-state index contributed by atoms with van der Waals surface area (Å²) in [6, 6.07) is 8.21. The van der Waals surface area contributed by atoms with Crippen molar-refractivity contribution in [2.45, 2.75) is 26.3 Å². The standard InChI is InChI=1S/C18H19N3O.ClH.H2O/c1-12-19-9-10-21(12)11-13-7-8-16-17(18(13)22)14-5-3-4-6-15(14)20(16)2;;/h3-6,9-10,13H,7-8,11H2,1-2H3;1H;1H2/p-1. The summed E-state index contributed by atoms with van der Waals surface area (Å²) in [6.07, 6.45) is 5.63. The predicted octanol–water partition coefficient (Wildman–Crippen LogP) is -0.692. The fourth-order valence-corrected chi connectivity index (χ4v) is 3.67. The molecule has 4 rings (SSSR count). The number of ketones is 1. The number of imidazole rings is 1. The highest BCUT2D eigenvalue weighted by molar-refractivity contribution is 6.11. The van der Waals surface area contributed by atoms with Crippen molar-refractivity contribution >= 4 is 16.7 Å². The molecule has 0 radical (unpaired) electrons. The van der Waals surface area contributed by atoms with Crippen LogP contribution < -0.4 is 12.4 Å². The van der Waals surface area contributed by atoms with Gasteiger partial charge in [-0.15, -0.1) is 0 Å². The van der Waals surface area contributed by atoms with Gasteiger partial charge in [-0.1, -0.05) is 18.2 Å². The molecule has 6 heteroatoms. The SMILES string of the molecule is Cc1nccn1CC1CCc2c(c3ccccc3n2C)C1=O.O.[Cl-]. The summed E-state index contributed by atoms with van der Waals surface area (Å²) in [5.74, 6) is 1.30. The van der Waals surface area contributed by atoms with Gasteiger partial charge in [0.15, 0.2) is 5.78 Å². The third-order valence-electron chi connectivity index (χ3n) is 4.92. The van der Waals surface area contributed by atoms with Crippen LogP contribution in [0, 0.1) is 12.8 Å². The van der Waals surface area contributed by atoms with Gasteiger partial charge in [-0.2, -0.15) is 0 Å². The lowest BCUT2D eigenvalue weighted by atomic mass is 9.85. The summed E-state index contributed by atoms with van der Waals surface area (Å²) >= 11 is 0. The van der Waals surface area contributed by atoms with E-state index >= 15 is 0 Å². The number of rotatable bonds is 2. The molecular formula is C18H21ClN3O2-. The molecule has 1 aliphatic rings. The van der Waals surface area contributed by atoms with Gasteiger partial charge in [0.2, 0.25) is 0 Å². The fourth-order valence-electron chi connectivity index (χ4n) is 3.67. The maximum atomic E-state index is 13.0. The second kappa shape index (κ2) is 6.79. The monoisotopic (exact) mass is 346 g/mol. The molecule has 0 saturated heterocycles. The van der Waals surface area contributed by atoms with Gasteiger partial charge in [-0.05, 0) is 25.8 Å². The first kappa shape index (κ1) is 18.2. The summed E-state index contributed by atoms with van der Waals surface area (Å²) in [5, 5.41) is 1.09. The van der Waals surface area contributed by atoms with Crippen LogP contribution in [0.5, 0.6) is 0 Å². The number of halogens is 1. The van der Waals surface area contributed by atoms with Crippen LogP contribution in [0.3, 0.4) is 0 Å². The average molecular weight is 347 g/mol. The largest absolute Gasteiger partial charge is 1.00 e. The Labute approximate surface area is 147 Å². The summed E-state index contributed by atoms with van der Waals surface area (Å²) in [5.41, 5.74) is 3.28. The van der Waals surface area contributed by atoms with E-state index in [1.807, 2.05) is 25.3 Å². The molecule has 0 aliphatic heterocycles. The lowest BCUT2D eigenvalue weighted by Gasteiger charge is -2.23. The van der Waals surface area contributed by atoms with Crippen LogP contribution in [0.2, 0.25) is 0 Å². The topological polar surface area (TPSA) is 71.3 Å².